The Morgan fingerprint density at radius 1 is 0.864 bits per heavy atom. The van der Waals surface area contributed by atoms with Crippen LogP contribution in [0.3, 0.4) is 0 Å². The van der Waals surface area contributed by atoms with E-state index in [2.05, 4.69) is 68.4 Å². The smallest absolute Gasteiger partial charge is 0.407 e. The first-order valence-corrected chi connectivity index (χ1v) is 7.70. The molecule has 1 aliphatic heterocycles. The third-order valence-electron chi connectivity index (χ3n) is 3.75. The summed E-state index contributed by atoms with van der Waals surface area (Å²) in [4.78, 5) is 0. The van der Waals surface area contributed by atoms with Crippen molar-refractivity contribution in [2.45, 2.75) is 13.8 Å². The van der Waals surface area contributed by atoms with Gasteiger partial charge in [0.15, 0.2) is 0 Å². The number of hydrogen-bond acceptors (Lipinski definition) is 2. The molecule has 0 spiro atoms. The Hall–Kier alpha value is -1.84. The van der Waals surface area contributed by atoms with Crippen LogP contribution in [0.4, 0.5) is 0 Å². The van der Waals surface area contributed by atoms with Crippen molar-refractivity contribution in [3.05, 3.63) is 77.8 Å². The summed E-state index contributed by atoms with van der Waals surface area (Å²) in [7, 11) is -0.288. The first kappa shape index (κ1) is 15.1. The van der Waals surface area contributed by atoms with Gasteiger partial charge in [-0.05, 0) is 22.7 Å². The van der Waals surface area contributed by atoms with Crippen LogP contribution >= 0.6 is 0 Å². The van der Waals surface area contributed by atoms with Crippen molar-refractivity contribution in [2.75, 3.05) is 13.2 Å². The second-order valence-electron chi connectivity index (χ2n) is 6.47. The standard InChI is InChI=1S/C19H21BO2/c1-19(2)14-21-20(22-15-19)13-18(16-9-5-3-6-10-16)17-11-7-4-8-12-17/h3-13H,14-15H2,1-2H3. The van der Waals surface area contributed by atoms with E-state index >= 15 is 0 Å². The fraction of sp³-hybridized carbons (Fsp3) is 0.263. The zero-order valence-electron chi connectivity index (χ0n) is 13.2. The molecule has 112 valence electrons. The van der Waals surface area contributed by atoms with Gasteiger partial charge < -0.3 is 9.31 Å². The molecule has 0 saturated carbocycles. The van der Waals surface area contributed by atoms with E-state index in [9.17, 15) is 0 Å². The van der Waals surface area contributed by atoms with Crippen LogP contribution < -0.4 is 0 Å². The highest BCUT2D eigenvalue weighted by molar-refractivity contribution is 6.52. The summed E-state index contributed by atoms with van der Waals surface area (Å²) in [5, 5.41) is 0. The van der Waals surface area contributed by atoms with E-state index in [1.165, 1.54) is 11.1 Å². The highest BCUT2D eigenvalue weighted by Gasteiger charge is 2.31. The Bertz CT molecular complexity index is 583. The molecule has 3 rings (SSSR count). The van der Waals surface area contributed by atoms with Crippen LogP contribution in [0.15, 0.2) is 66.6 Å². The minimum Gasteiger partial charge on any atom is -0.407 e. The largest absolute Gasteiger partial charge is 0.486 e. The highest BCUT2D eigenvalue weighted by atomic mass is 16.6. The molecule has 22 heavy (non-hydrogen) atoms. The van der Waals surface area contributed by atoms with Gasteiger partial charge in [-0.15, -0.1) is 0 Å². The topological polar surface area (TPSA) is 18.5 Å². The summed E-state index contributed by atoms with van der Waals surface area (Å²) in [6.07, 6.45) is 0. The van der Waals surface area contributed by atoms with Gasteiger partial charge in [-0.3, -0.25) is 0 Å². The van der Waals surface area contributed by atoms with Crippen LogP contribution in [0.5, 0.6) is 0 Å². The van der Waals surface area contributed by atoms with Gasteiger partial charge in [-0.25, -0.2) is 0 Å². The van der Waals surface area contributed by atoms with Crippen LogP contribution in [-0.2, 0) is 9.31 Å². The van der Waals surface area contributed by atoms with Gasteiger partial charge in [0.05, 0.1) is 0 Å². The van der Waals surface area contributed by atoms with Gasteiger partial charge in [0.1, 0.15) is 0 Å². The zero-order chi connectivity index (χ0) is 15.4. The van der Waals surface area contributed by atoms with Gasteiger partial charge in [-0.1, -0.05) is 74.5 Å². The average Bonchev–Trinajstić information content (AvgIpc) is 2.55. The van der Waals surface area contributed by atoms with Gasteiger partial charge in [0.2, 0.25) is 0 Å². The van der Waals surface area contributed by atoms with Gasteiger partial charge in [-0.2, -0.15) is 0 Å². The lowest BCUT2D eigenvalue weighted by Crippen LogP contribution is -2.39. The van der Waals surface area contributed by atoms with Crippen molar-refractivity contribution in [2.24, 2.45) is 5.41 Å². The molecule has 1 heterocycles. The van der Waals surface area contributed by atoms with E-state index in [0.717, 1.165) is 5.57 Å². The summed E-state index contributed by atoms with van der Waals surface area (Å²) in [5.74, 6) is 2.08. The lowest BCUT2D eigenvalue weighted by Gasteiger charge is -2.32. The Morgan fingerprint density at radius 3 is 1.77 bits per heavy atom. The molecule has 0 N–H and O–H groups in total. The molecule has 0 aliphatic carbocycles. The van der Waals surface area contributed by atoms with Crippen molar-refractivity contribution in [1.82, 2.24) is 0 Å². The molecular formula is C19H21BO2. The summed E-state index contributed by atoms with van der Waals surface area (Å²) in [5.41, 5.74) is 3.58. The monoisotopic (exact) mass is 292 g/mol. The average molecular weight is 292 g/mol. The van der Waals surface area contributed by atoms with Crippen molar-refractivity contribution in [3.63, 3.8) is 0 Å². The summed E-state index contributed by atoms with van der Waals surface area (Å²) in [6.45, 7) is 5.74. The van der Waals surface area contributed by atoms with Crippen LogP contribution in [0.2, 0.25) is 0 Å². The number of benzene rings is 2. The minimum atomic E-state index is -0.288. The Labute approximate surface area is 132 Å². The van der Waals surface area contributed by atoms with Crippen LogP contribution in [0, 0.1) is 5.41 Å². The maximum atomic E-state index is 5.87. The number of hydrogen-bond donors (Lipinski definition) is 0. The first-order valence-electron chi connectivity index (χ1n) is 7.70. The fourth-order valence-electron chi connectivity index (χ4n) is 2.53. The lowest BCUT2D eigenvalue weighted by atomic mass is 9.79. The second-order valence-corrected chi connectivity index (χ2v) is 6.47. The Morgan fingerprint density at radius 2 is 1.32 bits per heavy atom. The fourth-order valence-corrected chi connectivity index (χ4v) is 2.53. The second kappa shape index (κ2) is 6.51. The molecule has 0 radical (unpaired) electrons. The molecule has 2 nitrogen and oxygen atoms in total. The molecule has 0 aromatic heterocycles. The molecule has 1 fully saturated rings. The zero-order valence-corrected chi connectivity index (χ0v) is 13.2. The Kier molecular flexibility index (Phi) is 4.46. The predicted octanol–water partition coefficient (Wildman–Crippen LogP) is 4.22. The third kappa shape index (κ3) is 3.67. The minimum absolute atomic E-state index is 0.0873. The van der Waals surface area contributed by atoms with Crippen LogP contribution in [-0.4, -0.2) is 20.3 Å². The molecule has 1 aliphatic rings. The third-order valence-corrected chi connectivity index (χ3v) is 3.75. The van der Waals surface area contributed by atoms with E-state index < -0.39 is 0 Å². The highest BCUT2D eigenvalue weighted by Crippen LogP contribution is 2.27. The van der Waals surface area contributed by atoms with E-state index in [4.69, 9.17) is 9.31 Å². The van der Waals surface area contributed by atoms with Crippen molar-refractivity contribution < 1.29 is 9.31 Å². The lowest BCUT2D eigenvalue weighted by molar-refractivity contribution is 0.0336. The predicted molar refractivity (Wildman–Crippen MR) is 91.4 cm³/mol. The molecule has 0 atom stereocenters. The quantitative estimate of drug-likeness (QED) is 0.789. The van der Waals surface area contributed by atoms with Crippen molar-refractivity contribution in [1.29, 1.82) is 0 Å². The van der Waals surface area contributed by atoms with Crippen molar-refractivity contribution >= 4 is 12.7 Å². The summed E-state index contributed by atoms with van der Waals surface area (Å²) in [6, 6.07) is 20.7. The molecule has 2 aromatic carbocycles. The van der Waals surface area contributed by atoms with Gasteiger partial charge >= 0.3 is 7.12 Å². The normalized spacial score (nSPS) is 17.1. The molecule has 0 amide bonds. The van der Waals surface area contributed by atoms with Crippen molar-refractivity contribution in [3.8, 4) is 0 Å². The van der Waals surface area contributed by atoms with E-state index in [1.807, 2.05) is 12.1 Å². The SMILES string of the molecule is CC1(C)COB(C=C(c2ccccc2)c2ccccc2)OC1. The molecule has 0 bridgehead atoms. The maximum absolute atomic E-state index is 5.87. The Balaban J connectivity index is 1.91. The first-order chi connectivity index (χ1) is 10.6. The van der Waals surface area contributed by atoms with Crippen LogP contribution in [0.25, 0.3) is 5.57 Å². The summed E-state index contributed by atoms with van der Waals surface area (Å²) >= 11 is 0. The number of rotatable bonds is 3. The van der Waals surface area contributed by atoms with Gasteiger partial charge in [0, 0.05) is 18.6 Å². The maximum Gasteiger partial charge on any atom is 0.486 e. The molecule has 0 unspecified atom stereocenters. The van der Waals surface area contributed by atoms with E-state index in [-0.39, 0.29) is 12.5 Å². The molecule has 2 aromatic rings. The van der Waals surface area contributed by atoms with E-state index in [0.29, 0.717) is 13.2 Å². The molecule has 1 saturated heterocycles. The van der Waals surface area contributed by atoms with E-state index in [1.54, 1.807) is 0 Å². The molecular weight excluding hydrogens is 271 g/mol. The molecule has 3 heteroatoms. The summed E-state index contributed by atoms with van der Waals surface area (Å²) < 4.78 is 11.7. The van der Waals surface area contributed by atoms with Crippen LogP contribution in [0.1, 0.15) is 25.0 Å². The van der Waals surface area contributed by atoms with Gasteiger partial charge in [0.25, 0.3) is 0 Å².